The van der Waals surface area contributed by atoms with Gasteiger partial charge in [-0.1, -0.05) is 24.3 Å². The van der Waals surface area contributed by atoms with Crippen molar-refractivity contribution in [2.24, 2.45) is 0 Å². The number of benzene rings is 2. The number of methoxy groups -OCH3 is 1. The first-order valence-electron chi connectivity index (χ1n) is 8.51. The zero-order valence-electron chi connectivity index (χ0n) is 15.2. The smallest absolute Gasteiger partial charge is 0.254 e. The van der Waals surface area contributed by atoms with Gasteiger partial charge < -0.3 is 20.1 Å². The summed E-state index contributed by atoms with van der Waals surface area (Å²) < 4.78 is 25.4. The molecule has 2 atom stereocenters. The molecule has 0 aromatic heterocycles. The highest BCUT2D eigenvalue weighted by molar-refractivity contribution is 5.97. The highest BCUT2D eigenvalue weighted by Gasteiger charge is 2.38. The Morgan fingerprint density at radius 3 is 2.38 bits per heavy atom. The van der Waals surface area contributed by atoms with E-state index >= 15 is 0 Å². The Balaban J connectivity index is 1.81. The van der Waals surface area contributed by atoms with E-state index < -0.39 is 11.9 Å². The number of likely N-dealkylation sites (tertiary alicyclic amines) is 1. The van der Waals surface area contributed by atoms with Crippen LogP contribution in [0.1, 0.15) is 21.5 Å². The Bertz CT molecular complexity index is 804. The normalized spacial score (nSPS) is 19.6. The highest BCUT2D eigenvalue weighted by Crippen LogP contribution is 2.27. The maximum absolute atomic E-state index is 14.1. The first kappa shape index (κ1) is 18.2. The van der Waals surface area contributed by atoms with E-state index in [0.717, 1.165) is 11.1 Å². The molecule has 0 radical (unpaired) electrons. The number of amides is 1. The zero-order valence-corrected chi connectivity index (χ0v) is 15.2. The fourth-order valence-electron chi connectivity index (χ4n) is 3.34. The van der Waals surface area contributed by atoms with Gasteiger partial charge in [0.15, 0.2) is 11.6 Å². The summed E-state index contributed by atoms with van der Waals surface area (Å²) in [6.07, 6.45) is -0.811. The van der Waals surface area contributed by atoms with Gasteiger partial charge in [0.05, 0.1) is 18.8 Å². The molecule has 2 aromatic carbocycles. The molecule has 1 saturated heterocycles. The minimum atomic E-state index is -0.595. The molecular formula is C20H23FN2O3. The van der Waals surface area contributed by atoms with Crippen LogP contribution in [-0.2, 0) is 4.74 Å². The second-order valence-electron chi connectivity index (χ2n) is 6.57. The largest absolute Gasteiger partial charge is 0.483 e. The Morgan fingerprint density at radius 1 is 1.12 bits per heavy atom. The molecule has 138 valence electrons. The molecule has 2 aromatic rings. The second-order valence-corrected chi connectivity index (χ2v) is 6.57. The van der Waals surface area contributed by atoms with Crippen molar-refractivity contribution >= 4 is 11.6 Å². The molecule has 1 amide bonds. The quantitative estimate of drug-likeness (QED) is 0.854. The summed E-state index contributed by atoms with van der Waals surface area (Å²) in [6.45, 7) is 4.54. The van der Waals surface area contributed by atoms with Gasteiger partial charge in [-0.25, -0.2) is 4.39 Å². The number of nitrogen functional groups attached to an aromatic ring is 1. The Hall–Kier alpha value is -2.60. The summed E-state index contributed by atoms with van der Waals surface area (Å²) in [5, 5.41) is 0. The van der Waals surface area contributed by atoms with Crippen LogP contribution in [0.2, 0.25) is 0 Å². The molecular weight excluding hydrogens is 335 g/mol. The summed E-state index contributed by atoms with van der Waals surface area (Å²) in [5.74, 6) is -0.595. The van der Waals surface area contributed by atoms with Crippen molar-refractivity contribution < 1.29 is 18.7 Å². The summed E-state index contributed by atoms with van der Waals surface area (Å²) in [7, 11) is 1.56. The summed E-state index contributed by atoms with van der Waals surface area (Å²) in [4.78, 5) is 14.7. The number of anilines is 1. The van der Waals surface area contributed by atoms with E-state index in [1.807, 2.05) is 32.0 Å². The van der Waals surface area contributed by atoms with Crippen LogP contribution in [0.5, 0.6) is 5.75 Å². The number of nitrogens with two attached hydrogens (primary N) is 1. The van der Waals surface area contributed by atoms with Gasteiger partial charge in [-0.3, -0.25) is 4.79 Å². The molecule has 0 spiro atoms. The average Bonchev–Trinajstić information content (AvgIpc) is 3.01. The van der Waals surface area contributed by atoms with E-state index in [9.17, 15) is 9.18 Å². The van der Waals surface area contributed by atoms with Crippen molar-refractivity contribution in [2.45, 2.75) is 26.1 Å². The standard InChI is InChI=1S/C20H23FN2O3/c1-12-6-4-7-13(2)18(12)20(24)23-10-16(25-3)17(11-23)26-15-9-5-8-14(22)19(15)21/h4-9,16-17H,10-11,22H2,1-3H3/t16?,17-/m0/s1. The number of carbonyl (C=O) groups excluding carboxylic acids is 1. The predicted octanol–water partition coefficient (Wildman–Crippen LogP) is 2.94. The summed E-state index contributed by atoms with van der Waals surface area (Å²) in [5.41, 5.74) is 8.17. The molecule has 1 aliphatic heterocycles. The lowest BCUT2D eigenvalue weighted by Gasteiger charge is -2.20. The number of halogens is 1. The fourth-order valence-corrected chi connectivity index (χ4v) is 3.34. The first-order chi connectivity index (χ1) is 12.4. The van der Waals surface area contributed by atoms with Gasteiger partial charge >= 0.3 is 0 Å². The average molecular weight is 358 g/mol. The van der Waals surface area contributed by atoms with E-state index in [1.54, 1.807) is 18.1 Å². The third-order valence-corrected chi connectivity index (χ3v) is 4.77. The summed E-state index contributed by atoms with van der Waals surface area (Å²) in [6, 6.07) is 10.4. The van der Waals surface area contributed by atoms with Crippen LogP contribution in [-0.4, -0.2) is 43.2 Å². The molecule has 6 heteroatoms. The molecule has 1 unspecified atom stereocenters. The van der Waals surface area contributed by atoms with Gasteiger partial charge in [-0.05, 0) is 37.1 Å². The van der Waals surface area contributed by atoms with Gasteiger partial charge in [-0.15, -0.1) is 0 Å². The van der Waals surface area contributed by atoms with Crippen LogP contribution < -0.4 is 10.5 Å². The van der Waals surface area contributed by atoms with Crippen molar-refractivity contribution in [1.29, 1.82) is 0 Å². The van der Waals surface area contributed by atoms with Crippen LogP contribution >= 0.6 is 0 Å². The number of carbonyl (C=O) groups is 1. The number of aryl methyl sites for hydroxylation is 2. The molecule has 2 N–H and O–H groups in total. The minimum Gasteiger partial charge on any atom is -0.483 e. The van der Waals surface area contributed by atoms with Gasteiger partial charge in [0.2, 0.25) is 0 Å². The van der Waals surface area contributed by atoms with E-state index in [1.165, 1.54) is 12.1 Å². The third kappa shape index (κ3) is 3.37. The lowest BCUT2D eigenvalue weighted by molar-refractivity contribution is 0.0323. The lowest BCUT2D eigenvalue weighted by atomic mass is 10.0. The van der Waals surface area contributed by atoms with Gasteiger partial charge in [0, 0.05) is 12.7 Å². The topological polar surface area (TPSA) is 64.8 Å². The number of hydrogen-bond donors (Lipinski definition) is 1. The van der Waals surface area contributed by atoms with Crippen LogP contribution in [0.4, 0.5) is 10.1 Å². The zero-order chi connectivity index (χ0) is 18.8. The van der Waals surface area contributed by atoms with Crippen LogP contribution in [0.15, 0.2) is 36.4 Å². The number of ether oxygens (including phenoxy) is 2. The van der Waals surface area contributed by atoms with E-state index in [0.29, 0.717) is 18.7 Å². The minimum absolute atomic E-state index is 0.0259. The molecule has 26 heavy (non-hydrogen) atoms. The van der Waals surface area contributed by atoms with Crippen molar-refractivity contribution in [2.75, 3.05) is 25.9 Å². The van der Waals surface area contributed by atoms with Crippen molar-refractivity contribution in [1.82, 2.24) is 4.90 Å². The van der Waals surface area contributed by atoms with E-state index in [-0.39, 0.29) is 23.4 Å². The Labute approximate surface area is 152 Å². The maximum Gasteiger partial charge on any atom is 0.254 e. The number of rotatable bonds is 4. The predicted molar refractivity (Wildman–Crippen MR) is 97.8 cm³/mol. The second kappa shape index (κ2) is 7.33. The fraction of sp³-hybridized carbons (Fsp3) is 0.350. The monoisotopic (exact) mass is 358 g/mol. The van der Waals surface area contributed by atoms with Crippen molar-refractivity contribution in [3.8, 4) is 5.75 Å². The van der Waals surface area contributed by atoms with Crippen LogP contribution in [0, 0.1) is 19.7 Å². The van der Waals surface area contributed by atoms with Gasteiger partial charge in [-0.2, -0.15) is 0 Å². The SMILES string of the molecule is COC1CN(C(=O)c2c(C)cccc2C)C[C@@H]1Oc1cccc(N)c1F. The van der Waals surface area contributed by atoms with E-state index in [2.05, 4.69) is 0 Å². The molecule has 1 aliphatic rings. The molecule has 5 nitrogen and oxygen atoms in total. The molecule has 0 bridgehead atoms. The van der Waals surface area contributed by atoms with E-state index in [4.69, 9.17) is 15.2 Å². The molecule has 0 saturated carbocycles. The summed E-state index contributed by atoms with van der Waals surface area (Å²) >= 11 is 0. The number of hydrogen-bond acceptors (Lipinski definition) is 4. The Morgan fingerprint density at radius 2 is 1.73 bits per heavy atom. The molecule has 0 aliphatic carbocycles. The van der Waals surface area contributed by atoms with Gasteiger partial charge in [0.25, 0.3) is 5.91 Å². The van der Waals surface area contributed by atoms with Crippen molar-refractivity contribution in [3.63, 3.8) is 0 Å². The third-order valence-electron chi connectivity index (χ3n) is 4.77. The van der Waals surface area contributed by atoms with Crippen LogP contribution in [0.25, 0.3) is 0 Å². The van der Waals surface area contributed by atoms with Gasteiger partial charge in [0.1, 0.15) is 12.2 Å². The Kier molecular flexibility index (Phi) is 5.13. The van der Waals surface area contributed by atoms with Crippen molar-refractivity contribution in [3.05, 3.63) is 58.9 Å². The molecule has 3 rings (SSSR count). The molecule has 1 fully saturated rings. The molecule has 1 heterocycles. The first-order valence-corrected chi connectivity index (χ1v) is 8.51. The maximum atomic E-state index is 14.1. The number of nitrogens with zero attached hydrogens (tertiary/aromatic N) is 1. The lowest BCUT2D eigenvalue weighted by Crippen LogP contribution is -2.32. The van der Waals surface area contributed by atoms with Crippen LogP contribution in [0.3, 0.4) is 0 Å². The highest BCUT2D eigenvalue weighted by atomic mass is 19.1.